The van der Waals surface area contributed by atoms with Crippen LogP contribution in [-0.2, 0) is 33.6 Å². The van der Waals surface area contributed by atoms with Crippen LogP contribution in [-0.4, -0.2) is 21.8 Å². The standard InChI is InChI=1S/C22H26O4/c1-15(23)21(3,25)19-11-7-17(8-12-19)5-6-18-9-13-20(14-10-18)22(4,26)16(2)24/h7-14,25-26H,5-6H2,1-4H3. The monoisotopic (exact) mass is 354 g/mol. The summed E-state index contributed by atoms with van der Waals surface area (Å²) in [5.41, 5.74) is 0.472. The normalized spacial score (nSPS) is 15.8. The summed E-state index contributed by atoms with van der Waals surface area (Å²) in [6, 6.07) is 14.8. The number of ketones is 2. The van der Waals surface area contributed by atoms with Crippen LogP contribution in [0.3, 0.4) is 0 Å². The number of hydrogen-bond donors (Lipinski definition) is 2. The van der Waals surface area contributed by atoms with E-state index in [9.17, 15) is 19.8 Å². The van der Waals surface area contributed by atoms with Gasteiger partial charge in [-0.1, -0.05) is 48.5 Å². The van der Waals surface area contributed by atoms with Crippen molar-refractivity contribution in [2.45, 2.75) is 51.7 Å². The Kier molecular flexibility index (Phi) is 5.79. The number of Topliss-reactive ketones (excluding diaryl/α,β-unsaturated/α-hetero) is 2. The molecule has 0 saturated heterocycles. The van der Waals surface area contributed by atoms with E-state index in [0.717, 1.165) is 24.0 Å². The number of aryl methyl sites for hydroxylation is 2. The largest absolute Gasteiger partial charge is 0.378 e. The molecule has 2 atom stereocenters. The van der Waals surface area contributed by atoms with Gasteiger partial charge in [0.15, 0.2) is 11.6 Å². The molecule has 0 bridgehead atoms. The summed E-state index contributed by atoms with van der Waals surface area (Å²) in [6.45, 7) is 5.76. The molecule has 2 N–H and O–H groups in total. The fraction of sp³-hybridized carbons (Fsp3) is 0.364. The topological polar surface area (TPSA) is 74.6 Å². The van der Waals surface area contributed by atoms with Crippen molar-refractivity contribution in [3.8, 4) is 0 Å². The molecule has 4 nitrogen and oxygen atoms in total. The molecule has 2 aromatic carbocycles. The summed E-state index contributed by atoms with van der Waals surface area (Å²) < 4.78 is 0. The molecule has 4 heteroatoms. The van der Waals surface area contributed by atoms with Crippen molar-refractivity contribution in [2.75, 3.05) is 0 Å². The fourth-order valence-corrected chi connectivity index (χ4v) is 2.69. The zero-order chi connectivity index (χ0) is 19.5. The number of hydrogen-bond acceptors (Lipinski definition) is 4. The van der Waals surface area contributed by atoms with Gasteiger partial charge in [0.1, 0.15) is 11.2 Å². The second-order valence-electron chi connectivity index (χ2n) is 7.15. The summed E-state index contributed by atoms with van der Waals surface area (Å²) in [7, 11) is 0. The first-order valence-corrected chi connectivity index (χ1v) is 8.71. The minimum absolute atomic E-state index is 0.285. The van der Waals surface area contributed by atoms with Crippen molar-refractivity contribution in [3.05, 3.63) is 70.8 Å². The Hall–Kier alpha value is -2.30. The van der Waals surface area contributed by atoms with Gasteiger partial charge >= 0.3 is 0 Å². The van der Waals surface area contributed by atoms with Gasteiger partial charge in [0, 0.05) is 0 Å². The highest BCUT2D eigenvalue weighted by Gasteiger charge is 2.29. The van der Waals surface area contributed by atoms with Crippen LogP contribution < -0.4 is 0 Å². The van der Waals surface area contributed by atoms with Gasteiger partial charge in [0.2, 0.25) is 0 Å². The molecule has 2 unspecified atom stereocenters. The zero-order valence-electron chi connectivity index (χ0n) is 15.7. The Morgan fingerprint density at radius 2 is 0.962 bits per heavy atom. The predicted octanol–water partition coefficient (Wildman–Crippen LogP) is 3.06. The maximum atomic E-state index is 11.5. The average Bonchev–Trinajstić information content (AvgIpc) is 2.60. The maximum absolute atomic E-state index is 11.5. The van der Waals surface area contributed by atoms with E-state index in [4.69, 9.17) is 0 Å². The number of rotatable bonds is 7. The third kappa shape index (κ3) is 4.26. The summed E-state index contributed by atoms with van der Waals surface area (Å²) >= 11 is 0. The quantitative estimate of drug-likeness (QED) is 0.801. The highest BCUT2D eigenvalue weighted by molar-refractivity contribution is 5.86. The molecule has 0 aliphatic heterocycles. The van der Waals surface area contributed by atoms with Crippen LogP contribution in [0.15, 0.2) is 48.5 Å². The molecule has 0 aliphatic rings. The van der Waals surface area contributed by atoms with Gasteiger partial charge in [-0.05, 0) is 62.8 Å². The first-order valence-electron chi connectivity index (χ1n) is 8.71. The fourth-order valence-electron chi connectivity index (χ4n) is 2.69. The van der Waals surface area contributed by atoms with Crippen LogP contribution in [0.2, 0.25) is 0 Å². The first kappa shape index (κ1) is 20.0. The van der Waals surface area contributed by atoms with Crippen LogP contribution >= 0.6 is 0 Å². The van der Waals surface area contributed by atoms with E-state index in [1.54, 1.807) is 24.3 Å². The Morgan fingerprint density at radius 3 is 1.19 bits per heavy atom. The molecule has 138 valence electrons. The van der Waals surface area contributed by atoms with Crippen molar-refractivity contribution in [1.82, 2.24) is 0 Å². The van der Waals surface area contributed by atoms with Crippen molar-refractivity contribution in [3.63, 3.8) is 0 Å². The molecule has 2 aromatic rings. The Labute approximate surface area is 154 Å². The minimum atomic E-state index is -1.46. The molecule has 0 heterocycles. The second kappa shape index (κ2) is 7.52. The molecule has 2 rings (SSSR count). The van der Waals surface area contributed by atoms with Gasteiger partial charge in [0.05, 0.1) is 0 Å². The molecule has 0 radical (unpaired) electrons. The third-order valence-corrected chi connectivity index (χ3v) is 5.11. The molecule has 0 saturated carbocycles. The predicted molar refractivity (Wildman–Crippen MR) is 101 cm³/mol. The molecule has 0 aromatic heterocycles. The molecule has 0 spiro atoms. The smallest absolute Gasteiger partial charge is 0.165 e. The third-order valence-electron chi connectivity index (χ3n) is 5.11. The lowest BCUT2D eigenvalue weighted by Crippen LogP contribution is -2.29. The van der Waals surface area contributed by atoms with E-state index in [1.165, 1.54) is 27.7 Å². The van der Waals surface area contributed by atoms with Crippen molar-refractivity contribution < 1.29 is 19.8 Å². The van der Waals surface area contributed by atoms with Gasteiger partial charge < -0.3 is 10.2 Å². The number of benzene rings is 2. The average molecular weight is 354 g/mol. The summed E-state index contributed by atoms with van der Waals surface area (Å²) in [5, 5.41) is 20.4. The highest BCUT2D eigenvalue weighted by Crippen LogP contribution is 2.24. The van der Waals surface area contributed by atoms with Crippen LogP contribution in [0.1, 0.15) is 49.9 Å². The Bertz CT molecular complexity index is 714. The SMILES string of the molecule is CC(=O)C(C)(O)c1ccc(CCc2ccc(C(C)(O)C(C)=O)cc2)cc1. The van der Waals surface area contributed by atoms with E-state index in [2.05, 4.69) is 0 Å². The maximum Gasteiger partial charge on any atom is 0.165 e. The molecule has 0 aliphatic carbocycles. The molecule has 26 heavy (non-hydrogen) atoms. The van der Waals surface area contributed by atoms with Crippen molar-refractivity contribution >= 4 is 11.6 Å². The van der Waals surface area contributed by atoms with Gasteiger partial charge in [-0.25, -0.2) is 0 Å². The molecular weight excluding hydrogens is 328 g/mol. The second-order valence-corrected chi connectivity index (χ2v) is 7.15. The van der Waals surface area contributed by atoms with Crippen molar-refractivity contribution in [1.29, 1.82) is 0 Å². The highest BCUT2D eigenvalue weighted by atomic mass is 16.3. The van der Waals surface area contributed by atoms with Gasteiger partial charge in [-0.2, -0.15) is 0 Å². The van der Waals surface area contributed by atoms with E-state index >= 15 is 0 Å². The van der Waals surface area contributed by atoms with E-state index in [0.29, 0.717) is 11.1 Å². The Balaban J connectivity index is 2.03. The lowest BCUT2D eigenvalue weighted by Gasteiger charge is -2.21. The minimum Gasteiger partial charge on any atom is -0.378 e. The van der Waals surface area contributed by atoms with Crippen LogP contribution in [0.5, 0.6) is 0 Å². The molecular formula is C22H26O4. The van der Waals surface area contributed by atoms with Crippen LogP contribution in [0.4, 0.5) is 0 Å². The summed E-state index contributed by atoms with van der Waals surface area (Å²) in [6.07, 6.45) is 1.62. The van der Waals surface area contributed by atoms with Gasteiger partial charge in [-0.3, -0.25) is 9.59 Å². The van der Waals surface area contributed by atoms with E-state index in [1.807, 2.05) is 24.3 Å². The number of aliphatic hydroxyl groups is 2. The van der Waals surface area contributed by atoms with Crippen molar-refractivity contribution in [2.24, 2.45) is 0 Å². The summed E-state index contributed by atoms with van der Waals surface area (Å²) in [5.74, 6) is -0.571. The van der Waals surface area contributed by atoms with E-state index in [-0.39, 0.29) is 11.6 Å². The van der Waals surface area contributed by atoms with E-state index < -0.39 is 11.2 Å². The molecule has 0 fully saturated rings. The lowest BCUT2D eigenvalue weighted by atomic mass is 9.90. The number of carbonyl (C=O) groups excluding carboxylic acids is 2. The summed E-state index contributed by atoms with van der Waals surface area (Å²) in [4.78, 5) is 23.0. The van der Waals surface area contributed by atoms with Gasteiger partial charge in [-0.15, -0.1) is 0 Å². The zero-order valence-corrected chi connectivity index (χ0v) is 15.7. The lowest BCUT2D eigenvalue weighted by molar-refractivity contribution is -0.134. The first-order chi connectivity index (χ1) is 12.0. The van der Waals surface area contributed by atoms with Crippen LogP contribution in [0.25, 0.3) is 0 Å². The molecule has 0 amide bonds. The number of carbonyl (C=O) groups is 2. The van der Waals surface area contributed by atoms with Gasteiger partial charge in [0.25, 0.3) is 0 Å². The Morgan fingerprint density at radius 1 is 0.692 bits per heavy atom. The van der Waals surface area contributed by atoms with Crippen LogP contribution in [0, 0.1) is 0 Å².